The fraction of sp³-hybridized carbons (Fsp3) is 0.333. The van der Waals surface area contributed by atoms with Gasteiger partial charge in [-0.2, -0.15) is 4.98 Å². The van der Waals surface area contributed by atoms with Gasteiger partial charge in [0.05, 0.1) is 6.33 Å². The number of nitrogen functional groups attached to an aromatic ring is 1. The number of nitrogens with one attached hydrogen (secondary N) is 2. The highest BCUT2D eigenvalue weighted by molar-refractivity contribution is 5.87. The van der Waals surface area contributed by atoms with Crippen LogP contribution < -0.4 is 16.6 Å². The number of aromatic nitrogens is 4. The number of rotatable bonds is 5. The average molecular weight is 276 g/mol. The van der Waals surface area contributed by atoms with Crippen molar-refractivity contribution in [1.82, 2.24) is 24.8 Å². The van der Waals surface area contributed by atoms with E-state index in [-0.39, 0.29) is 22.9 Å². The minimum atomic E-state index is -0.354. The molecule has 0 atom stereocenters. The number of nitrogens with zero attached hydrogens (tertiary/aromatic N) is 3. The summed E-state index contributed by atoms with van der Waals surface area (Å²) in [4.78, 5) is 33.3. The first kappa shape index (κ1) is 13.8. The quantitative estimate of drug-likeness (QED) is 0.515. The fourth-order valence-corrected chi connectivity index (χ4v) is 1.81. The number of nitrogens with two attached hydrogens (primary N) is 1. The Hall–Kier alpha value is -2.64. The van der Waals surface area contributed by atoms with Gasteiger partial charge in [-0.15, -0.1) is 0 Å². The molecule has 106 valence electrons. The number of aromatic amines is 1. The van der Waals surface area contributed by atoms with Gasteiger partial charge in [-0.05, 0) is 19.4 Å². The van der Waals surface area contributed by atoms with Crippen LogP contribution in [0.25, 0.3) is 11.2 Å². The molecule has 1 amide bonds. The van der Waals surface area contributed by atoms with Crippen molar-refractivity contribution in [2.75, 3.05) is 12.3 Å². The molecule has 4 N–H and O–H groups in total. The van der Waals surface area contributed by atoms with Gasteiger partial charge in [-0.1, -0.05) is 6.08 Å². The summed E-state index contributed by atoms with van der Waals surface area (Å²) in [6.45, 7) is 2.90. The molecule has 8 nitrogen and oxygen atoms in total. The van der Waals surface area contributed by atoms with E-state index >= 15 is 0 Å². The molecule has 2 heterocycles. The lowest BCUT2D eigenvalue weighted by Gasteiger charge is -2.04. The molecule has 0 radical (unpaired) electrons. The highest BCUT2D eigenvalue weighted by Crippen LogP contribution is 2.06. The highest BCUT2D eigenvalue weighted by atomic mass is 16.1. The summed E-state index contributed by atoms with van der Waals surface area (Å²) in [6.07, 6.45) is 5.38. The zero-order valence-corrected chi connectivity index (χ0v) is 11.1. The number of fused-ring (bicyclic) bond motifs is 1. The third-order valence-electron chi connectivity index (χ3n) is 2.69. The van der Waals surface area contributed by atoms with Crippen LogP contribution in [0.1, 0.15) is 13.3 Å². The number of allylic oxidation sites excluding steroid dienone is 1. The van der Waals surface area contributed by atoms with Crippen LogP contribution in [0.4, 0.5) is 5.95 Å². The van der Waals surface area contributed by atoms with E-state index in [1.165, 1.54) is 6.08 Å². The second kappa shape index (κ2) is 6.00. The maximum Gasteiger partial charge on any atom is 0.280 e. The minimum Gasteiger partial charge on any atom is -0.369 e. The van der Waals surface area contributed by atoms with E-state index in [9.17, 15) is 9.59 Å². The lowest BCUT2D eigenvalue weighted by Crippen LogP contribution is -2.23. The molecule has 0 saturated heterocycles. The second-order valence-corrected chi connectivity index (χ2v) is 4.21. The van der Waals surface area contributed by atoms with E-state index in [0.29, 0.717) is 25.2 Å². The maximum atomic E-state index is 11.6. The van der Waals surface area contributed by atoms with Crippen molar-refractivity contribution in [3.8, 4) is 0 Å². The third-order valence-corrected chi connectivity index (χ3v) is 2.69. The molecule has 20 heavy (non-hydrogen) atoms. The van der Waals surface area contributed by atoms with Gasteiger partial charge >= 0.3 is 0 Å². The normalized spacial score (nSPS) is 11.2. The summed E-state index contributed by atoms with van der Waals surface area (Å²) in [5, 5.41) is 2.74. The monoisotopic (exact) mass is 276 g/mol. The Bertz CT molecular complexity index is 700. The number of carbonyl (C=O) groups excluding carboxylic acids is 1. The summed E-state index contributed by atoms with van der Waals surface area (Å²) in [6, 6.07) is 0. The van der Waals surface area contributed by atoms with E-state index in [0.717, 1.165) is 0 Å². The Balaban J connectivity index is 2.00. The molecule has 0 aromatic carbocycles. The SMILES string of the molecule is C/C=C\C(=O)NCCCn1cnc2c(=O)[nH]c(N)nc21. The molecule has 0 fully saturated rings. The second-order valence-electron chi connectivity index (χ2n) is 4.21. The number of amides is 1. The Kier molecular flexibility index (Phi) is 4.14. The summed E-state index contributed by atoms with van der Waals surface area (Å²) in [5.74, 6) is -0.0626. The lowest BCUT2D eigenvalue weighted by molar-refractivity contribution is -0.116. The Morgan fingerprint density at radius 2 is 2.40 bits per heavy atom. The molecule has 2 rings (SSSR count). The molecular weight excluding hydrogens is 260 g/mol. The van der Waals surface area contributed by atoms with Crippen molar-refractivity contribution in [1.29, 1.82) is 0 Å². The third kappa shape index (κ3) is 3.02. The number of carbonyl (C=O) groups is 1. The number of H-pyrrole nitrogens is 1. The van der Waals surface area contributed by atoms with Crippen molar-refractivity contribution in [2.45, 2.75) is 19.9 Å². The summed E-state index contributed by atoms with van der Waals surface area (Å²) in [5.41, 5.74) is 5.87. The van der Waals surface area contributed by atoms with Gasteiger partial charge < -0.3 is 15.6 Å². The van der Waals surface area contributed by atoms with Gasteiger partial charge in [0, 0.05) is 13.1 Å². The van der Waals surface area contributed by atoms with Crippen LogP contribution in [0.3, 0.4) is 0 Å². The number of imidazole rings is 1. The molecule has 2 aromatic heterocycles. The molecule has 0 aliphatic rings. The molecule has 0 aliphatic heterocycles. The first-order valence-electron chi connectivity index (χ1n) is 6.23. The van der Waals surface area contributed by atoms with Crippen molar-refractivity contribution in [3.05, 3.63) is 28.8 Å². The minimum absolute atomic E-state index is 0.0608. The van der Waals surface area contributed by atoms with Crippen LogP contribution in [0.5, 0.6) is 0 Å². The first-order chi connectivity index (χ1) is 9.61. The number of aryl methyl sites for hydroxylation is 1. The topological polar surface area (TPSA) is 119 Å². The van der Waals surface area contributed by atoms with Crippen molar-refractivity contribution < 1.29 is 4.79 Å². The molecule has 0 spiro atoms. The zero-order valence-electron chi connectivity index (χ0n) is 11.1. The van der Waals surface area contributed by atoms with E-state index in [2.05, 4.69) is 20.3 Å². The maximum absolute atomic E-state index is 11.6. The number of hydrogen-bond acceptors (Lipinski definition) is 5. The smallest absolute Gasteiger partial charge is 0.280 e. The van der Waals surface area contributed by atoms with E-state index in [1.54, 1.807) is 23.9 Å². The van der Waals surface area contributed by atoms with Crippen LogP contribution >= 0.6 is 0 Å². The summed E-state index contributed by atoms with van der Waals surface area (Å²) in [7, 11) is 0. The van der Waals surface area contributed by atoms with Crippen LogP contribution in [-0.4, -0.2) is 32.0 Å². The zero-order chi connectivity index (χ0) is 14.5. The molecule has 0 saturated carbocycles. The predicted octanol–water partition coefficient (Wildman–Crippen LogP) is -0.216. The van der Waals surface area contributed by atoms with Crippen LogP contribution in [0.15, 0.2) is 23.3 Å². The molecule has 0 unspecified atom stereocenters. The molecule has 8 heteroatoms. The Morgan fingerprint density at radius 3 is 3.15 bits per heavy atom. The fourth-order valence-electron chi connectivity index (χ4n) is 1.81. The molecular formula is C12H16N6O2. The Morgan fingerprint density at radius 1 is 1.60 bits per heavy atom. The average Bonchev–Trinajstić information content (AvgIpc) is 2.78. The molecule has 0 aliphatic carbocycles. The van der Waals surface area contributed by atoms with Gasteiger partial charge in [0.15, 0.2) is 11.2 Å². The van der Waals surface area contributed by atoms with Gasteiger partial charge in [-0.3, -0.25) is 14.6 Å². The van der Waals surface area contributed by atoms with Gasteiger partial charge in [0.25, 0.3) is 5.56 Å². The predicted molar refractivity (Wildman–Crippen MR) is 75.0 cm³/mol. The summed E-state index contributed by atoms with van der Waals surface area (Å²) < 4.78 is 1.74. The highest BCUT2D eigenvalue weighted by Gasteiger charge is 2.08. The van der Waals surface area contributed by atoms with E-state index in [4.69, 9.17) is 5.73 Å². The van der Waals surface area contributed by atoms with Crippen molar-refractivity contribution in [3.63, 3.8) is 0 Å². The van der Waals surface area contributed by atoms with Gasteiger partial charge in [0.2, 0.25) is 11.9 Å². The van der Waals surface area contributed by atoms with E-state index < -0.39 is 0 Å². The van der Waals surface area contributed by atoms with Crippen molar-refractivity contribution in [2.24, 2.45) is 0 Å². The van der Waals surface area contributed by atoms with Crippen LogP contribution in [-0.2, 0) is 11.3 Å². The van der Waals surface area contributed by atoms with Crippen LogP contribution in [0, 0.1) is 0 Å². The largest absolute Gasteiger partial charge is 0.369 e. The van der Waals surface area contributed by atoms with Gasteiger partial charge in [0.1, 0.15) is 0 Å². The van der Waals surface area contributed by atoms with Gasteiger partial charge in [-0.25, -0.2) is 4.98 Å². The number of anilines is 1. The number of hydrogen-bond donors (Lipinski definition) is 3. The lowest BCUT2D eigenvalue weighted by atomic mass is 10.4. The van der Waals surface area contributed by atoms with Crippen molar-refractivity contribution >= 4 is 23.0 Å². The molecule has 2 aromatic rings. The standard InChI is InChI=1S/C12H16N6O2/c1-2-4-8(19)14-5-3-6-18-7-15-9-10(18)16-12(13)17-11(9)20/h2,4,7H,3,5-6H2,1H3,(H,14,19)(H3,13,16,17,20)/b4-2-. The van der Waals surface area contributed by atoms with E-state index in [1.807, 2.05) is 0 Å². The Labute approximate surface area is 114 Å². The molecule has 0 bridgehead atoms. The first-order valence-corrected chi connectivity index (χ1v) is 6.23. The van der Waals surface area contributed by atoms with Crippen LogP contribution in [0.2, 0.25) is 0 Å². The summed E-state index contributed by atoms with van der Waals surface area (Å²) >= 11 is 0.